The molecular weight excluding hydrogens is 621 g/mol. The molecule has 0 unspecified atom stereocenters. The van der Waals surface area contributed by atoms with Gasteiger partial charge >= 0.3 is 0 Å². The molecule has 10 aromatic rings. The van der Waals surface area contributed by atoms with Crippen molar-refractivity contribution in [3.63, 3.8) is 0 Å². The predicted molar refractivity (Wildman–Crippen MR) is 210 cm³/mol. The summed E-state index contributed by atoms with van der Waals surface area (Å²) >= 11 is 0. The van der Waals surface area contributed by atoms with E-state index >= 15 is 0 Å². The second-order valence-electron chi connectivity index (χ2n) is 13.5. The zero-order valence-corrected chi connectivity index (χ0v) is 27.7. The fraction of sp³-hybridized carbons (Fsp3) is 0.0213. The second kappa shape index (κ2) is 10.9. The molecule has 3 aromatic heterocycles. The van der Waals surface area contributed by atoms with E-state index in [0.717, 1.165) is 28.8 Å². The molecule has 1 aliphatic rings. The van der Waals surface area contributed by atoms with Gasteiger partial charge in [-0.3, -0.25) is 4.57 Å². The molecule has 0 saturated carbocycles. The van der Waals surface area contributed by atoms with Crippen molar-refractivity contribution in [2.24, 2.45) is 0 Å². The Kier molecular flexibility index (Phi) is 5.98. The lowest BCUT2D eigenvalue weighted by Crippen LogP contribution is -2.02. The summed E-state index contributed by atoms with van der Waals surface area (Å²) in [4.78, 5) is 10.1. The first kappa shape index (κ1) is 28.1. The average molecular weight is 651 g/mol. The van der Waals surface area contributed by atoms with Crippen LogP contribution in [0.1, 0.15) is 11.1 Å². The van der Waals surface area contributed by atoms with Gasteiger partial charge in [-0.1, -0.05) is 115 Å². The van der Waals surface area contributed by atoms with Crippen LogP contribution >= 0.6 is 0 Å². The highest BCUT2D eigenvalue weighted by atomic mass is 15.2. The number of hydrogen-bond acceptors (Lipinski definition) is 2. The lowest BCUT2D eigenvalue weighted by Gasteiger charge is -2.10. The fourth-order valence-corrected chi connectivity index (χ4v) is 8.21. The number of fused-ring (bicyclic) bond motifs is 9. The maximum absolute atomic E-state index is 5.18. The van der Waals surface area contributed by atoms with E-state index in [-0.39, 0.29) is 0 Å². The van der Waals surface area contributed by atoms with E-state index < -0.39 is 0 Å². The highest BCUT2D eigenvalue weighted by Crippen LogP contribution is 2.39. The SMILES string of the molecule is c1ccc(-c2ccc(-n3c4ccccc4c4cc(-c5ccc6c(c5)c5ccccc5n6-c5ncc6c(n5)-c5ccccc5C6)ccc43)cc2)cc1. The van der Waals surface area contributed by atoms with Crippen LogP contribution in [0, 0.1) is 0 Å². The van der Waals surface area contributed by atoms with Crippen molar-refractivity contribution in [3.8, 4) is 45.1 Å². The van der Waals surface area contributed by atoms with Crippen molar-refractivity contribution in [2.75, 3.05) is 0 Å². The summed E-state index contributed by atoms with van der Waals surface area (Å²) in [6.45, 7) is 0. The van der Waals surface area contributed by atoms with Crippen molar-refractivity contribution in [1.29, 1.82) is 0 Å². The van der Waals surface area contributed by atoms with Crippen LogP contribution < -0.4 is 0 Å². The molecule has 0 atom stereocenters. The van der Waals surface area contributed by atoms with Gasteiger partial charge in [-0.05, 0) is 76.3 Å². The Labute approximate surface area is 294 Å². The molecule has 0 amide bonds. The predicted octanol–water partition coefficient (Wildman–Crippen LogP) is 11.6. The first-order chi connectivity index (χ1) is 25.3. The first-order valence-electron chi connectivity index (χ1n) is 17.5. The number of nitrogens with zero attached hydrogens (tertiary/aromatic N) is 4. The molecule has 7 aromatic carbocycles. The van der Waals surface area contributed by atoms with Crippen molar-refractivity contribution in [2.45, 2.75) is 6.42 Å². The molecule has 0 radical (unpaired) electrons. The molecule has 1 aliphatic carbocycles. The van der Waals surface area contributed by atoms with Gasteiger partial charge in [0.25, 0.3) is 0 Å². The number of para-hydroxylation sites is 2. The van der Waals surface area contributed by atoms with Gasteiger partial charge in [-0.2, -0.15) is 0 Å². The molecule has 0 fully saturated rings. The smallest absolute Gasteiger partial charge is 0.235 e. The van der Waals surface area contributed by atoms with Crippen molar-refractivity contribution in [1.82, 2.24) is 19.1 Å². The molecule has 4 nitrogen and oxygen atoms in total. The van der Waals surface area contributed by atoms with E-state index in [1.807, 2.05) is 6.20 Å². The second-order valence-corrected chi connectivity index (χ2v) is 13.5. The molecule has 51 heavy (non-hydrogen) atoms. The topological polar surface area (TPSA) is 35.6 Å². The lowest BCUT2D eigenvalue weighted by atomic mass is 10.0. The van der Waals surface area contributed by atoms with Gasteiger partial charge in [0.2, 0.25) is 5.95 Å². The summed E-state index contributed by atoms with van der Waals surface area (Å²) in [5.41, 5.74) is 15.3. The number of hydrogen-bond donors (Lipinski definition) is 0. The number of aromatic nitrogens is 4. The van der Waals surface area contributed by atoms with Crippen molar-refractivity contribution >= 4 is 43.6 Å². The third-order valence-electron chi connectivity index (χ3n) is 10.6. The van der Waals surface area contributed by atoms with Crippen LogP contribution in [-0.2, 0) is 6.42 Å². The Hall–Kier alpha value is -6.78. The van der Waals surface area contributed by atoms with Gasteiger partial charge < -0.3 is 4.57 Å². The Morgan fingerprint density at radius 2 is 0.961 bits per heavy atom. The minimum atomic E-state index is 0.704. The van der Waals surface area contributed by atoms with E-state index in [1.54, 1.807) is 0 Å². The lowest BCUT2D eigenvalue weighted by molar-refractivity contribution is 0.980. The molecule has 4 heteroatoms. The van der Waals surface area contributed by atoms with Crippen LogP contribution in [0.15, 0.2) is 170 Å². The molecule has 0 saturated heterocycles. The number of benzene rings is 7. The Morgan fingerprint density at radius 3 is 1.69 bits per heavy atom. The van der Waals surface area contributed by atoms with E-state index in [1.165, 1.54) is 71.5 Å². The third kappa shape index (κ3) is 4.26. The van der Waals surface area contributed by atoms with E-state index in [0.29, 0.717) is 5.95 Å². The average Bonchev–Trinajstić information content (AvgIpc) is 3.85. The van der Waals surface area contributed by atoms with Gasteiger partial charge in [-0.15, -0.1) is 0 Å². The third-order valence-corrected chi connectivity index (χ3v) is 10.6. The highest BCUT2D eigenvalue weighted by molar-refractivity contribution is 6.12. The molecular formula is C47H30N4. The maximum Gasteiger partial charge on any atom is 0.235 e. The van der Waals surface area contributed by atoms with Gasteiger partial charge in [0, 0.05) is 51.0 Å². The standard InChI is InChI=1S/C47H30N4/c1-2-10-30(11-3-1)31-18-22-36(23-19-31)50-42-16-8-6-14-38(42)40-27-32(20-24-44(40)50)33-21-25-45-41(28-33)39-15-7-9-17-43(39)51(45)47-48-29-35-26-34-12-4-5-13-37(34)46(35)49-47/h1-25,27-29H,26H2. The van der Waals surface area contributed by atoms with Gasteiger partial charge in [0.1, 0.15) is 0 Å². The summed E-state index contributed by atoms with van der Waals surface area (Å²) in [6.07, 6.45) is 2.89. The maximum atomic E-state index is 5.18. The Morgan fingerprint density at radius 1 is 0.412 bits per heavy atom. The van der Waals surface area contributed by atoms with Crippen LogP contribution in [0.3, 0.4) is 0 Å². The highest BCUT2D eigenvalue weighted by Gasteiger charge is 2.23. The summed E-state index contributed by atoms with van der Waals surface area (Å²) in [7, 11) is 0. The molecule has 3 heterocycles. The zero-order valence-electron chi connectivity index (χ0n) is 27.7. The number of rotatable bonds is 4. The molecule has 0 N–H and O–H groups in total. The fourth-order valence-electron chi connectivity index (χ4n) is 8.21. The molecule has 0 bridgehead atoms. The summed E-state index contributed by atoms with van der Waals surface area (Å²) in [5.74, 6) is 0.704. The molecule has 238 valence electrons. The van der Waals surface area contributed by atoms with E-state index in [4.69, 9.17) is 9.97 Å². The van der Waals surface area contributed by atoms with Crippen LogP contribution in [0.5, 0.6) is 0 Å². The summed E-state index contributed by atoms with van der Waals surface area (Å²) in [6, 6.07) is 59.0. The van der Waals surface area contributed by atoms with E-state index in [9.17, 15) is 0 Å². The Balaban J connectivity index is 1.04. The van der Waals surface area contributed by atoms with Crippen molar-refractivity contribution in [3.05, 3.63) is 181 Å². The van der Waals surface area contributed by atoms with Crippen LogP contribution in [0.25, 0.3) is 88.8 Å². The van der Waals surface area contributed by atoms with Gasteiger partial charge in [-0.25, -0.2) is 9.97 Å². The minimum absolute atomic E-state index is 0.704. The Bertz CT molecular complexity index is 2980. The first-order valence-corrected chi connectivity index (χ1v) is 17.5. The molecule has 0 aliphatic heterocycles. The molecule has 0 spiro atoms. The van der Waals surface area contributed by atoms with Crippen LogP contribution in [-0.4, -0.2) is 19.1 Å². The molecule has 11 rings (SSSR count). The monoisotopic (exact) mass is 650 g/mol. The van der Waals surface area contributed by atoms with Gasteiger partial charge in [0.05, 0.1) is 27.8 Å². The quantitative estimate of drug-likeness (QED) is 0.190. The van der Waals surface area contributed by atoms with Crippen LogP contribution in [0.4, 0.5) is 0 Å². The summed E-state index contributed by atoms with van der Waals surface area (Å²) < 4.78 is 4.60. The van der Waals surface area contributed by atoms with E-state index in [2.05, 4.69) is 173 Å². The normalized spacial score (nSPS) is 12.2. The summed E-state index contributed by atoms with van der Waals surface area (Å²) in [5, 5.41) is 4.86. The largest absolute Gasteiger partial charge is 0.309 e. The zero-order chi connectivity index (χ0) is 33.5. The van der Waals surface area contributed by atoms with Crippen LogP contribution in [0.2, 0.25) is 0 Å². The minimum Gasteiger partial charge on any atom is -0.309 e. The van der Waals surface area contributed by atoms with Crippen molar-refractivity contribution < 1.29 is 0 Å². The van der Waals surface area contributed by atoms with Gasteiger partial charge in [0.15, 0.2) is 0 Å².